The van der Waals surface area contributed by atoms with Crippen LogP contribution in [0.1, 0.15) is 84.5 Å². The molecule has 1 nitrogen and oxygen atoms in total. The molecule has 92 valence electrons. The minimum Gasteiger partial charge on any atom is -0.393 e. The van der Waals surface area contributed by atoms with Crippen LogP contribution in [0, 0.1) is 0 Å². The molecule has 0 radical (unpaired) electrons. The maximum absolute atomic E-state index is 9.36. The zero-order chi connectivity index (χ0) is 11.4. The number of hydrogen-bond donors (Lipinski definition) is 1. The highest BCUT2D eigenvalue weighted by Crippen LogP contribution is 2.11. The second kappa shape index (κ2) is 12.0. The van der Waals surface area contributed by atoms with Gasteiger partial charge >= 0.3 is 0 Å². The van der Waals surface area contributed by atoms with Crippen LogP contribution in [0.5, 0.6) is 0 Å². The van der Waals surface area contributed by atoms with Gasteiger partial charge in [0.25, 0.3) is 0 Å². The zero-order valence-corrected chi connectivity index (χ0v) is 10.8. The van der Waals surface area contributed by atoms with Crippen molar-refractivity contribution in [2.75, 3.05) is 0 Å². The summed E-state index contributed by atoms with van der Waals surface area (Å²) < 4.78 is 0. The molecular formula is C14H30O. The monoisotopic (exact) mass is 214 g/mol. The normalized spacial score (nSPS) is 13.0. The first kappa shape index (κ1) is 15.0. The summed E-state index contributed by atoms with van der Waals surface area (Å²) in [6, 6.07) is 0. The van der Waals surface area contributed by atoms with Gasteiger partial charge in [0.2, 0.25) is 0 Å². The van der Waals surface area contributed by atoms with Crippen LogP contribution < -0.4 is 0 Å². The Bertz CT molecular complexity index is 112. The molecule has 0 rings (SSSR count). The molecule has 0 saturated heterocycles. The fraction of sp³-hybridized carbons (Fsp3) is 1.00. The van der Waals surface area contributed by atoms with Crippen LogP contribution in [-0.4, -0.2) is 11.2 Å². The molecule has 0 aliphatic heterocycles. The summed E-state index contributed by atoms with van der Waals surface area (Å²) in [6.07, 6.45) is 14.2. The molecule has 0 unspecified atom stereocenters. The molecule has 0 spiro atoms. The van der Waals surface area contributed by atoms with E-state index in [4.69, 9.17) is 0 Å². The van der Waals surface area contributed by atoms with E-state index in [-0.39, 0.29) is 6.10 Å². The lowest BCUT2D eigenvalue weighted by molar-refractivity contribution is 0.156. The molecule has 0 fully saturated rings. The van der Waals surface area contributed by atoms with Gasteiger partial charge < -0.3 is 5.11 Å². The third-order valence-corrected chi connectivity index (χ3v) is 3.11. The third kappa shape index (κ3) is 11.9. The van der Waals surface area contributed by atoms with Gasteiger partial charge in [-0.05, 0) is 12.8 Å². The molecule has 0 amide bonds. The zero-order valence-electron chi connectivity index (χ0n) is 10.8. The molecular weight excluding hydrogens is 184 g/mol. The molecule has 1 heteroatoms. The summed E-state index contributed by atoms with van der Waals surface area (Å²) in [5, 5.41) is 9.36. The first-order valence-corrected chi connectivity index (χ1v) is 6.99. The van der Waals surface area contributed by atoms with Crippen molar-refractivity contribution >= 4 is 0 Å². The molecule has 0 heterocycles. The number of rotatable bonds is 11. The summed E-state index contributed by atoms with van der Waals surface area (Å²) >= 11 is 0. The average molecular weight is 214 g/mol. The second-order valence-electron chi connectivity index (χ2n) is 4.68. The Morgan fingerprint density at radius 2 is 1.20 bits per heavy atom. The molecule has 1 atom stereocenters. The standard InChI is InChI=1S/C14H30O/c1-3-5-6-7-8-9-10-11-12-13-14(15)4-2/h14-15H,3-13H2,1-2H3/t14-/m0/s1. The summed E-state index contributed by atoms with van der Waals surface area (Å²) in [7, 11) is 0. The maximum Gasteiger partial charge on any atom is 0.0537 e. The van der Waals surface area contributed by atoms with Crippen LogP contribution in [0.3, 0.4) is 0 Å². The maximum atomic E-state index is 9.36. The van der Waals surface area contributed by atoms with Crippen LogP contribution >= 0.6 is 0 Å². The number of hydrogen-bond acceptors (Lipinski definition) is 1. The Morgan fingerprint density at radius 1 is 0.733 bits per heavy atom. The van der Waals surface area contributed by atoms with Crippen molar-refractivity contribution < 1.29 is 5.11 Å². The molecule has 0 aliphatic rings. The Morgan fingerprint density at radius 3 is 1.67 bits per heavy atom. The van der Waals surface area contributed by atoms with E-state index in [9.17, 15) is 5.11 Å². The van der Waals surface area contributed by atoms with E-state index in [1.807, 2.05) is 0 Å². The molecule has 0 aromatic heterocycles. The topological polar surface area (TPSA) is 20.2 Å². The van der Waals surface area contributed by atoms with E-state index in [0.29, 0.717) is 0 Å². The van der Waals surface area contributed by atoms with Crippen molar-refractivity contribution in [3.8, 4) is 0 Å². The van der Waals surface area contributed by atoms with E-state index < -0.39 is 0 Å². The highest BCUT2D eigenvalue weighted by molar-refractivity contribution is 4.53. The lowest BCUT2D eigenvalue weighted by Crippen LogP contribution is -2.03. The lowest BCUT2D eigenvalue weighted by Gasteiger charge is -2.06. The van der Waals surface area contributed by atoms with Crippen molar-refractivity contribution in [1.82, 2.24) is 0 Å². The minimum absolute atomic E-state index is 0.0467. The van der Waals surface area contributed by atoms with Crippen LogP contribution in [0.15, 0.2) is 0 Å². The van der Waals surface area contributed by atoms with E-state index >= 15 is 0 Å². The summed E-state index contributed by atoms with van der Waals surface area (Å²) in [5.74, 6) is 0. The van der Waals surface area contributed by atoms with Crippen molar-refractivity contribution in [3.05, 3.63) is 0 Å². The van der Waals surface area contributed by atoms with E-state index in [1.165, 1.54) is 57.8 Å². The quantitative estimate of drug-likeness (QED) is 0.495. The number of aliphatic hydroxyl groups is 1. The van der Waals surface area contributed by atoms with Crippen molar-refractivity contribution in [2.45, 2.75) is 90.6 Å². The SMILES string of the molecule is CCCCCCCCCCC[C@@H](O)CC. The third-order valence-electron chi connectivity index (χ3n) is 3.11. The first-order chi connectivity index (χ1) is 7.31. The minimum atomic E-state index is -0.0467. The number of aliphatic hydroxyl groups excluding tert-OH is 1. The van der Waals surface area contributed by atoms with Crippen LogP contribution in [-0.2, 0) is 0 Å². The smallest absolute Gasteiger partial charge is 0.0537 e. The molecule has 0 bridgehead atoms. The Kier molecular flexibility index (Phi) is 12.0. The average Bonchev–Trinajstić information content (AvgIpc) is 2.26. The largest absolute Gasteiger partial charge is 0.393 e. The Hall–Kier alpha value is -0.0400. The van der Waals surface area contributed by atoms with Crippen LogP contribution in [0.4, 0.5) is 0 Å². The molecule has 0 saturated carbocycles. The van der Waals surface area contributed by atoms with E-state index in [2.05, 4.69) is 13.8 Å². The van der Waals surface area contributed by atoms with Gasteiger partial charge in [-0.15, -0.1) is 0 Å². The molecule has 0 aromatic rings. The summed E-state index contributed by atoms with van der Waals surface area (Å²) in [5.41, 5.74) is 0. The predicted molar refractivity (Wildman–Crippen MR) is 68.1 cm³/mol. The summed E-state index contributed by atoms with van der Waals surface area (Å²) in [4.78, 5) is 0. The Balaban J connectivity index is 2.92. The van der Waals surface area contributed by atoms with Gasteiger partial charge in [0.05, 0.1) is 6.10 Å². The van der Waals surface area contributed by atoms with Crippen LogP contribution in [0.25, 0.3) is 0 Å². The molecule has 1 N–H and O–H groups in total. The van der Waals surface area contributed by atoms with Gasteiger partial charge in [-0.2, -0.15) is 0 Å². The molecule has 0 aromatic carbocycles. The van der Waals surface area contributed by atoms with E-state index in [1.54, 1.807) is 0 Å². The van der Waals surface area contributed by atoms with Crippen molar-refractivity contribution in [3.63, 3.8) is 0 Å². The lowest BCUT2D eigenvalue weighted by atomic mass is 10.0. The molecule has 0 aliphatic carbocycles. The predicted octanol–water partition coefficient (Wildman–Crippen LogP) is 4.68. The van der Waals surface area contributed by atoms with Crippen molar-refractivity contribution in [2.24, 2.45) is 0 Å². The van der Waals surface area contributed by atoms with Gasteiger partial charge in [0.15, 0.2) is 0 Å². The fourth-order valence-electron chi connectivity index (χ4n) is 1.89. The van der Waals surface area contributed by atoms with Gasteiger partial charge in [0.1, 0.15) is 0 Å². The second-order valence-corrected chi connectivity index (χ2v) is 4.68. The van der Waals surface area contributed by atoms with Gasteiger partial charge in [-0.3, -0.25) is 0 Å². The molecule has 15 heavy (non-hydrogen) atoms. The highest BCUT2D eigenvalue weighted by Gasteiger charge is 1.99. The Labute approximate surface area is 96.3 Å². The highest BCUT2D eigenvalue weighted by atomic mass is 16.3. The summed E-state index contributed by atoms with van der Waals surface area (Å²) in [6.45, 7) is 4.32. The first-order valence-electron chi connectivity index (χ1n) is 6.99. The van der Waals surface area contributed by atoms with Crippen molar-refractivity contribution in [1.29, 1.82) is 0 Å². The van der Waals surface area contributed by atoms with Gasteiger partial charge in [0, 0.05) is 0 Å². The van der Waals surface area contributed by atoms with E-state index in [0.717, 1.165) is 12.8 Å². The van der Waals surface area contributed by atoms with Crippen LogP contribution in [0.2, 0.25) is 0 Å². The number of unbranched alkanes of at least 4 members (excludes halogenated alkanes) is 8. The fourth-order valence-corrected chi connectivity index (χ4v) is 1.89. The van der Waals surface area contributed by atoms with Gasteiger partial charge in [-0.1, -0.05) is 71.6 Å². The van der Waals surface area contributed by atoms with Gasteiger partial charge in [-0.25, -0.2) is 0 Å².